The smallest absolute Gasteiger partial charge is 0.271 e. The number of hydrogen-bond acceptors (Lipinski definition) is 3. The second kappa shape index (κ2) is 6.18. The summed E-state index contributed by atoms with van der Waals surface area (Å²) >= 11 is 0. The fraction of sp³-hybridized carbons (Fsp3) is 0.333. The maximum Gasteiger partial charge on any atom is 0.271 e. The average Bonchev–Trinajstić information content (AvgIpc) is 3.09. The van der Waals surface area contributed by atoms with Crippen LogP contribution in [0.1, 0.15) is 23.3 Å². The summed E-state index contributed by atoms with van der Waals surface area (Å²) in [6.07, 6.45) is 2.52. The predicted molar refractivity (Wildman–Crippen MR) is 89.1 cm³/mol. The van der Waals surface area contributed by atoms with Crippen LogP contribution in [0.3, 0.4) is 0 Å². The first-order valence-corrected chi connectivity index (χ1v) is 7.69. The van der Waals surface area contributed by atoms with Gasteiger partial charge in [0, 0.05) is 38.4 Å². The topological polar surface area (TPSA) is 36.4 Å². The van der Waals surface area contributed by atoms with E-state index in [0.717, 1.165) is 24.3 Å². The van der Waals surface area contributed by atoms with Crippen LogP contribution in [0, 0.1) is 0 Å². The minimum Gasteiger partial charge on any atom is -0.372 e. The van der Waals surface area contributed by atoms with Crippen molar-refractivity contribution in [3.05, 3.63) is 48.2 Å². The molecule has 0 bridgehead atoms. The van der Waals surface area contributed by atoms with Crippen LogP contribution in [0.4, 0.5) is 5.69 Å². The summed E-state index contributed by atoms with van der Waals surface area (Å²) in [5.41, 5.74) is 3.61. The van der Waals surface area contributed by atoms with Crippen molar-refractivity contribution < 1.29 is 4.79 Å². The van der Waals surface area contributed by atoms with Gasteiger partial charge in [-0.2, -0.15) is 0 Å². The summed E-state index contributed by atoms with van der Waals surface area (Å²) in [4.78, 5) is 20.5. The Kier molecular flexibility index (Phi) is 4.09. The molecule has 0 spiro atoms. The van der Waals surface area contributed by atoms with E-state index in [1.54, 1.807) is 25.1 Å². The zero-order valence-electron chi connectivity index (χ0n) is 13.1. The highest BCUT2D eigenvalue weighted by molar-refractivity contribution is 5.92. The Morgan fingerprint density at radius 3 is 2.55 bits per heavy atom. The van der Waals surface area contributed by atoms with Crippen LogP contribution in [0.2, 0.25) is 0 Å². The number of anilines is 1. The number of hydrogen-bond donors (Lipinski definition) is 0. The first kappa shape index (κ1) is 14.6. The van der Waals surface area contributed by atoms with Crippen LogP contribution < -0.4 is 4.90 Å². The molecule has 0 N–H and O–H groups in total. The average molecular weight is 295 g/mol. The maximum atomic E-state index is 12.1. The van der Waals surface area contributed by atoms with Crippen LogP contribution in [-0.4, -0.2) is 43.0 Å². The Balaban J connectivity index is 1.92. The van der Waals surface area contributed by atoms with Crippen LogP contribution >= 0.6 is 0 Å². The molecule has 3 rings (SSSR count). The van der Waals surface area contributed by atoms with E-state index in [0.29, 0.717) is 5.69 Å². The highest BCUT2D eigenvalue weighted by atomic mass is 16.2. The molecule has 1 fully saturated rings. The van der Waals surface area contributed by atoms with E-state index in [1.165, 1.54) is 18.5 Å². The number of nitrogens with zero attached hydrogens (tertiary/aromatic N) is 3. The monoisotopic (exact) mass is 295 g/mol. The van der Waals surface area contributed by atoms with Crippen molar-refractivity contribution in [3.8, 4) is 11.3 Å². The fourth-order valence-electron chi connectivity index (χ4n) is 2.78. The molecule has 1 aromatic carbocycles. The summed E-state index contributed by atoms with van der Waals surface area (Å²) in [5.74, 6) is -0.0717. The van der Waals surface area contributed by atoms with Gasteiger partial charge in [-0.15, -0.1) is 0 Å². The van der Waals surface area contributed by atoms with E-state index in [4.69, 9.17) is 0 Å². The number of benzene rings is 1. The minimum atomic E-state index is -0.0717. The molecule has 2 heterocycles. The number of carbonyl (C=O) groups is 1. The van der Waals surface area contributed by atoms with E-state index in [9.17, 15) is 4.79 Å². The van der Waals surface area contributed by atoms with Crippen LogP contribution in [-0.2, 0) is 0 Å². The Morgan fingerprint density at radius 1 is 1.09 bits per heavy atom. The van der Waals surface area contributed by atoms with Gasteiger partial charge < -0.3 is 9.80 Å². The quantitative estimate of drug-likeness (QED) is 0.873. The molecule has 1 amide bonds. The lowest BCUT2D eigenvalue weighted by molar-refractivity contribution is 0.0822. The van der Waals surface area contributed by atoms with E-state index in [-0.39, 0.29) is 5.91 Å². The molecule has 1 aromatic heterocycles. The lowest BCUT2D eigenvalue weighted by Crippen LogP contribution is -2.22. The van der Waals surface area contributed by atoms with E-state index >= 15 is 0 Å². The number of rotatable bonds is 3. The summed E-state index contributed by atoms with van der Waals surface area (Å²) < 4.78 is 0. The van der Waals surface area contributed by atoms with Crippen LogP contribution in [0.15, 0.2) is 42.5 Å². The van der Waals surface area contributed by atoms with Crippen molar-refractivity contribution in [2.45, 2.75) is 12.8 Å². The van der Waals surface area contributed by atoms with Gasteiger partial charge in [-0.25, -0.2) is 4.98 Å². The molecular weight excluding hydrogens is 274 g/mol. The Morgan fingerprint density at radius 2 is 1.82 bits per heavy atom. The van der Waals surface area contributed by atoms with Gasteiger partial charge in [0.25, 0.3) is 5.91 Å². The standard InChI is InChI=1S/C18H21N3O/c1-20(2)18(22)17-10-6-9-16(19-17)14-7-5-8-15(13-14)21-11-3-4-12-21/h5-10,13H,3-4,11-12H2,1-2H3. The molecule has 4 nitrogen and oxygen atoms in total. The van der Waals surface area contributed by atoms with Crippen molar-refractivity contribution in [2.75, 3.05) is 32.1 Å². The predicted octanol–water partition coefficient (Wildman–Crippen LogP) is 3.05. The molecule has 1 saturated heterocycles. The number of amides is 1. The van der Waals surface area contributed by atoms with E-state index < -0.39 is 0 Å². The lowest BCUT2D eigenvalue weighted by atomic mass is 10.1. The second-order valence-electron chi connectivity index (χ2n) is 5.85. The van der Waals surface area contributed by atoms with E-state index in [1.807, 2.05) is 18.2 Å². The SMILES string of the molecule is CN(C)C(=O)c1cccc(-c2cccc(N3CCCC3)c2)n1. The lowest BCUT2D eigenvalue weighted by Gasteiger charge is -2.18. The summed E-state index contributed by atoms with van der Waals surface area (Å²) in [6, 6.07) is 14.0. The Bertz CT molecular complexity index is 676. The summed E-state index contributed by atoms with van der Waals surface area (Å²) in [5, 5.41) is 0. The van der Waals surface area contributed by atoms with Gasteiger partial charge in [-0.3, -0.25) is 4.79 Å². The zero-order valence-corrected chi connectivity index (χ0v) is 13.1. The molecule has 4 heteroatoms. The van der Waals surface area contributed by atoms with Gasteiger partial charge in [0.05, 0.1) is 5.69 Å². The third-order valence-corrected chi connectivity index (χ3v) is 3.99. The van der Waals surface area contributed by atoms with Crippen molar-refractivity contribution in [2.24, 2.45) is 0 Å². The van der Waals surface area contributed by atoms with Gasteiger partial charge in [0.2, 0.25) is 0 Å². The Hall–Kier alpha value is -2.36. The third kappa shape index (κ3) is 2.96. The molecule has 0 saturated carbocycles. The molecule has 22 heavy (non-hydrogen) atoms. The Labute approximate surface area is 131 Å². The number of carbonyl (C=O) groups excluding carboxylic acids is 1. The minimum absolute atomic E-state index is 0.0717. The molecule has 0 aliphatic carbocycles. The summed E-state index contributed by atoms with van der Waals surface area (Å²) in [7, 11) is 3.48. The highest BCUT2D eigenvalue weighted by Crippen LogP contribution is 2.26. The molecule has 1 aliphatic heterocycles. The fourth-order valence-corrected chi connectivity index (χ4v) is 2.78. The first-order valence-electron chi connectivity index (χ1n) is 7.69. The van der Waals surface area contributed by atoms with Gasteiger partial charge in [0.15, 0.2) is 0 Å². The molecule has 0 radical (unpaired) electrons. The summed E-state index contributed by atoms with van der Waals surface area (Å²) in [6.45, 7) is 2.24. The molecule has 2 aromatic rings. The maximum absolute atomic E-state index is 12.1. The van der Waals surface area contributed by atoms with Gasteiger partial charge >= 0.3 is 0 Å². The van der Waals surface area contributed by atoms with E-state index in [2.05, 4.69) is 28.1 Å². The largest absolute Gasteiger partial charge is 0.372 e. The van der Waals surface area contributed by atoms with Gasteiger partial charge in [0.1, 0.15) is 5.69 Å². The first-order chi connectivity index (χ1) is 10.6. The zero-order chi connectivity index (χ0) is 15.5. The van der Waals surface area contributed by atoms with Crippen LogP contribution in [0.25, 0.3) is 11.3 Å². The van der Waals surface area contributed by atoms with Gasteiger partial charge in [-0.05, 0) is 37.1 Å². The normalized spacial score (nSPS) is 14.2. The molecule has 0 atom stereocenters. The van der Waals surface area contributed by atoms with Crippen molar-refractivity contribution in [1.29, 1.82) is 0 Å². The number of pyridine rings is 1. The molecular formula is C18H21N3O. The molecule has 114 valence electrons. The van der Waals surface area contributed by atoms with Crippen molar-refractivity contribution in [3.63, 3.8) is 0 Å². The third-order valence-electron chi connectivity index (χ3n) is 3.99. The van der Waals surface area contributed by atoms with Crippen molar-refractivity contribution >= 4 is 11.6 Å². The van der Waals surface area contributed by atoms with Crippen molar-refractivity contribution in [1.82, 2.24) is 9.88 Å². The molecule has 1 aliphatic rings. The highest BCUT2D eigenvalue weighted by Gasteiger charge is 2.14. The number of aromatic nitrogens is 1. The second-order valence-corrected chi connectivity index (χ2v) is 5.85. The molecule has 0 unspecified atom stereocenters. The van der Waals surface area contributed by atoms with Crippen LogP contribution in [0.5, 0.6) is 0 Å². The van der Waals surface area contributed by atoms with Gasteiger partial charge in [-0.1, -0.05) is 18.2 Å².